The summed E-state index contributed by atoms with van der Waals surface area (Å²) in [6.07, 6.45) is -3.97. The summed E-state index contributed by atoms with van der Waals surface area (Å²) in [5.74, 6) is -3.06. The molecule has 4 nitrogen and oxygen atoms in total. The molecule has 0 bridgehead atoms. The molecule has 2 N–H and O–H groups in total. The van der Waals surface area contributed by atoms with Crippen molar-refractivity contribution in [1.82, 2.24) is 4.98 Å². The highest BCUT2D eigenvalue weighted by Crippen LogP contribution is 2.35. The predicted octanol–water partition coefficient (Wildman–Crippen LogP) is 4.36. The fourth-order valence-electron chi connectivity index (χ4n) is 1.80. The van der Waals surface area contributed by atoms with Crippen molar-refractivity contribution >= 4 is 33.5 Å². The second-order valence-corrected chi connectivity index (χ2v) is 5.21. The zero-order chi connectivity index (χ0) is 17.4. The van der Waals surface area contributed by atoms with Gasteiger partial charge in [0.1, 0.15) is 11.5 Å². The highest BCUT2D eigenvalue weighted by atomic mass is 79.9. The van der Waals surface area contributed by atoms with Crippen LogP contribution in [0.5, 0.6) is 0 Å². The quantitative estimate of drug-likeness (QED) is 0.768. The van der Waals surface area contributed by atoms with Crippen molar-refractivity contribution in [2.45, 2.75) is 6.18 Å². The minimum atomic E-state index is -4.72. The van der Waals surface area contributed by atoms with E-state index in [4.69, 9.17) is 5.73 Å². The maximum atomic E-state index is 14.0. The summed E-state index contributed by atoms with van der Waals surface area (Å²) < 4.78 is 66.2. The van der Waals surface area contributed by atoms with Crippen molar-refractivity contribution in [1.29, 1.82) is 0 Å². The summed E-state index contributed by atoms with van der Waals surface area (Å²) in [6, 6.07) is 1.39. The number of nitrogens with two attached hydrogens (primary N) is 1. The summed E-state index contributed by atoms with van der Waals surface area (Å²) in [4.78, 5) is 15.3. The number of aromatic nitrogens is 1. The first kappa shape index (κ1) is 17.1. The molecule has 0 aliphatic carbocycles. The molecule has 0 saturated carbocycles. The third-order valence-electron chi connectivity index (χ3n) is 2.73. The van der Waals surface area contributed by atoms with Gasteiger partial charge in [-0.25, -0.2) is 23.5 Å². The average Bonchev–Trinajstić information content (AvgIpc) is 2.41. The van der Waals surface area contributed by atoms with Gasteiger partial charge in [0.15, 0.2) is 11.6 Å². The van der Waals surface area contributed by atoms with Gasteiger partial charge in [-0.2, -0.15) is 13.2 Å². The molecule has 10 heteroatoms. The SMILES string of the molecule is NC(=O)N(c1cc(C(F)(F)F)ccn1)c1c(F)cc(Br)cc1F. The maximum Gasteiger partial charge on any atom is 0.416 e. The fraction of sp³-hybridized carbons (Fsp3) is 0.0769. The third-order valence-corrected chi connectivity index (χ3v) is 3.19. The molecular weight excluding hydrogens is 389 g/mol. The molecule has 122 valence electrons. The van der Waals surface area contributed by atoms with Crippen LogP contribution in [0.4, 0.5) is 38.3 Å². The number of benzene rings is 1. The number of pyridine rings is 1. The van der Waals surface area contributed by atoms with Crippen molar-refractivity contribution in [2.75, 3.05) is 4.90 Å². The average molecular weight is 396 g/mol. The van der Waals surface area contributed by atoms with E-state index in [0.717, 1.165) is 18.3 Å². The molecule has 0 spiro atoms. The molecule has 2 amide bonds. The van der Waals surface area contributed by atoms with Gasteiger partial charge in [-0.15, -0.1) is 0 Å². The van der Waals surface area contributed by atoms with E-state index in [2.05, 4.69) is 20.9 Å². The Balaban J connectivity index is 2.64. The molecule has 1 heterocycles. The van der Waals surface area contributed by atoms with Gasteiger partial charge in [0.25, 0.3) is 0 Å². The normalized spacial score (nSPS) is 11.4. The zero-order valence-corrected chi connectivity index (χ0v) is 12.6. The third kappa shape index (κ3) is 3.58. The fourth-order valence-corrected chi connectivity index (χ4v) is 2.20. The number of anilines is 2. The Labute approximate surface area is 134 Å². The lowest BCUT2D eigenvalue weighted by atomic mass is 10.2. The molecule has 0 saturated heterocycles. The van der Waals surface area contributed by atoms with Gasteiger partial charge in [-0.05, 0) is 24.3 Å². The van der Waals surface area contributed by atoms with Crippen molar-refractivity contribution < 1.29 is 26.7 Å². The Hall–Kier alpha value is -2.23. The van der Waals surface area contributed by atoms with Gasteiger partial charge >= 0.3 is 12.2 Å². The molecule has 1 aromatic heterocycles. The number of carbonyl (C=O) groups is 1. The molecule has 0 radical (unpaired) electrons. The van der Waals surface area contributed by atoms with E-state index in [1.807, 2.05) is 0 Å². The number of primary amides is 1. The van der Waals surface area contributed by atoms with E-state index in [9.17, 15) is 26.7 Å². The highest BCUT2D eigenvalue weighted by molar-refractivity contribution is 9.10. The van der Waals surface area contributed by atoms with Crippen LogP contribution in [0.15, 0.2) is 34.9 Å². The number of carbonyl (C=O) groups excluding carboxylic acids is 1. The molecular formula is C13H7BrF5N3O. The van der Waals surface area contributed by atoms with Crippen LogP contribution in [0, 0.1) is 11.6 Å². The molecule has 23 heavy (non-hydrogen) atoms. The van der Waals surface area contributed by atoms with Crippen LogP contribution in [0.1, 0.15) is 5.56 Å². The minimum Gasteiger partial charge on any atom is -0.351 e. The molecule has 0 unspecified atom stereocenters. The second kappa shape index (κ2) is 6.11. The van der Waals surface area contributed by atoms with Gasteiger partial charge < -0.3 is 5.73 Å². The lowest BCUT2D eigenvalue weighted by molar-refractivity contribution is -0.137. The van der Waals surface area contributed by atoms with Crippen LogP contribution < -0.4 is 10.6 Å². The molecule has 0 aliphatic heterocycles. The Bertz CT molecular complexity index is 743. The standard InChI is InChI=1S/C13H7BrF5N3O/c14-7-4-8(15)11(9(16)5-7)22(12(20)23)10-3-6(1-2-21-10)13(17,18)19/h1-5H,(H2,20,23). The number of hydrogen-bond donors (Lipinski definition) is 1. The van der Waals surface area contributed by atoms with E-state index in [1.54, 1.807) is 0 Å². The number of rotatable bonds is 2. The Morgan fingerprint density at radius 1 is 1.17 bits per heavy atom. The van der Waals surface area contributed by atoms with Crippen molar-refractivity contribution in [3.05, 3.63) is 52.1 Å². The van der Waals surface area contributed by atoms with Gasteiger partial charge in [0.2, 0.25) is 0 Å². The first-order valence-corrected chi connectivity index (χ1v) is 6.68. The predicted molar refractivity (Wildman–Crippen MR) is 75.0 cm³/mol. The topological polar surface area (TPSA) is 59.2 Å². The van der Waals surface area contributed by atoms with E-state index in [1.165, 1.54) is 0 Å². The first-order chi connectivity index (χ1) is 10.6. The van der Waals surface area contributed by atoms with E-state index in [-0.39, 0.29) is 9.37 Å². The smallest absolute Gasteiger partial charge is 0.351 e. The van der Waals surface area contributed by atoms with Gasteiger partial charge in [0, 0.05) is 10.7 Å². The summed E-state index contributed by atoms with van der Waals surface area (Å²) in [5.41, 5.74) is 2.99. The van der Waals surface area contributed by atoms with Crippen LogP contribution in [0.25, 0.3) is 0 Å². The van der Waals surface area contributed by atoms with Gasteiger partial charge in [-0.3, -0.25) is 0 Å². The molecule has 2 aromatic rings. The number of hydrogen-bond acceptors (Lipinski definition) is 2. The summed E-state index contributed by atoms with van der Waals surface area (Å²) in [7, 11) is 0. The summed E-state index contributed by atoms with van der Waals surface area (Å²) in [5, 5.41) is 0. The Kier molecular flexibility index (Phi) is 4.55. The van der Waals surface area contributed by atoms with E-state index in [0.29, 0.717) is 12.1 Å². The van der Waals surface area contributed by atoms with Crippen LogP contribution in [-0.2, 0) is 6.18 Å². The van der Waals surface area contributed by atoms with Crippen LogP contribution >= 0.6 is 15.9 Å². The van der Waals surface area contributed by atoms with Crippen molar-refractivity contribution in [3.63, 3.8) is 0 Å². The van der Waals surface area contributed by atoms with Crippen LogP contribution in [0.2, 0.25) is 0 Å². The van der Waals surface area contributed by atoms with Gasteiger partial charge in [-0.1, -0.05) is 15.9 Å². The lowest BCUT2D eigenvalue weighted by Crippen LogP contribution is -2.33. The minimum absolute atomic E-state index is 0.0395. The van der Waals surface area contributed by atoms with Crippen molar-refractivity contribution in [2.24, 2.45) is 5.73 Å². The highest BCUT2D eigenvalue weighted by Gasteiger charge is 2.32. The van der Waals surface area contributed by atoms with Crippen molar-refractivity contribution in [3.8, 4) is 0 Å². The number of alkyl halides is 3. The maximum absolute atomic E-state index is 14.0. The number of amides is 2. The molecule has 2 rings (SSSR count). The zero-order valence-electron chi connectivity index (χ0n) is 11.0. The van der Waals surface area contributed by atoms with Gasteiger partial charge in [0.05, 0.1) is 5.56 Å². The van der Waals surface area contributed by atoms with E-state index >= 15 is 0 Å². The van der Waals surface area contributed by atoms with Crippen LogP contribution in [0.3, 0.4) is 0 Å². The molecule has 1 aromatic carbocycles. The summed E-state index contributed by atoms with van der Waals surface area (Å²) >= 11 is 2.85. The number of nitrogens with zero attached hydrogens (tertiary/aromatic N) is 2. The number of halogens is 6. The second-order valence-electron chi connectivity index (χ2n) is 4.29. The molecule has 0 atom stereocenters. The molecule has 0 aliphatic rings. The summed E-state index contributed by atoms with van der Waals surface area (Å²) in [6.45, 7) is 0. The first-order valence-electron chi connectivity index (χ1n) is 5.88. The van der Waals surface area contributed by atoms with Crippen LogP contribution in [-0.4, -0.2) is 11.0 Å². The largest absolute Gasteiger partial charge is 0.416 e. The Morgan fingerprint density at radius 3 is 2.22 bits per heavy atom. The van der Waals surface area contributed by atoms with E-state index < -0.39 is 40.9 Å². The lowest BCUT2D eigenvalue weighted by Gasteiger charge is -2.21. The monoisotopic (exact) mass is 395 g/mol. The number of urea groups is 1. The Morgan fingerprint density at radius 2 is 1.74 bits per heavy atom. The molecule has 0 fully saturated rings.